The Hall–Kier alpha value is -1.13. The third-order valence-corrected chi connectivity index (χ3v) is 5.24. The largest absolute Gasteiger partial charge is 0.375 e. The molecule has 1 aromatic heterocycles. The fourth-order valence-corrected chi connectivity index (χ4v) is 4.46. The number of aromatic amines is 1. The van der Waals surface area contributed by atoms with Gasteiger partial charge in [0.05, 0.1) is 18.8 Å². The summed E-state index contributed by atoms with van der Waals surface area (Å²) in [4.78, 5) is 18.3. The second kappa shape index (κ2) is 4.43. The molecular weight excluding hydrogens is 252 g/mol. The van der Waals surface area contributed by atoms with Crippen LogP contribution in [0.1, 0.15) is 47.4 Å². The number of hydrogen-bond acceptors (Lipinski definition) is 3. The molecule has 4 heteroatoms. The van der Waals surface area contributed by atoms with Crippen molar-refractivity contribution in [2.75, 3.05) is 6.54 Å². The molecule has 4 fully saturated rings. The van der Waals surface area contributed by atoms with Gasteiger partial charge >= 0.3 is 0 Å². The van der Waals surface area contributed by atoms with Crippen molar-refractivity contribution in [1.82, 2.24) is 9.88 Å². The molecule has 0 unspecified atom stereocenters. The lowest BCUT2D eigenvalue weighted by molar-refractivity contribution is -0.179. The maximum Gasteiger partial charge on any atom is 0.178 e. The van der Waals surface area contributed by atoms with Crippen molar-refractivity contribution in [1.29, 1.82) is 0 Å². The van der Waals surface area contributed by atoms with E-state index in [0.717, 1.165) is 42.6 Å². The third kappa shape index (κ3) is 1.93. The molecular formula is C16H22N2O2. The van der Waals surface area contributed by atoms with Crippen molar-refractivity contribution in [3.05, 3.63) is 23.0 Å². The highest BCUT2D eigenvalue weighted by Crippen LogP contribution is 2.42. The van der Waals surface area contributed by atoms with Gasteiger partial charge in [0.2, 0.25) is 0 Å². The van der Waals surface area contributed by atoms with Gasteiger partial charge in [0.25, 0.3) is 0 Å². The average molecular weight is 274 g/mol. The number of rotatable bonds is 3. The molecule has 0 aromatic carbocycles. The average Bonchev–Trinajstić information content (AvgIpc) is 2.72. The van der Waals surface area contributed by atoms with E-state index < -0.39 is 0 Å². The van der Waals surface area contributed by atoms with E-state index in [2.05, 4.69) is 9.88 Å². The van der Waals surface area contributed by atoms with Crippen LogP contribution in [0.4, 0.5) is 0 Å². The van der Waals surface area contributed by atoms with E-state index in [1.54, 1.807) is 0 Å². The first kappa shape index (κ1) is 12.6. The van der Waals surface area contributed by atoms with Gasteiger partial charge < -0.3 is 9.72 Å². The van der Waals surface area contributed by atoms with Crippen LogP contribution in [0.15, 0.2) is 6.07 Å². The minimum Gasteiger partial charge on any atom is -0.375 e. The third-order valence-electron chi connectivity index (χ3n) is 5.24. The summed E-state index contributed by atoms with van der Waals surface area (Å²) in [5, 5.41) is 0. The van der Waals surface area contributed by atoms with Gasteiger partial charge in [-0.25, -0.2) is 0 Å². The number of piperidine rings is 2. The summed E-state index contributed by atoms with van der Waals surface area (Å²) >= 11 is 0. The summed E-state index contributed by atoms with van der Waals surface area (Å²) in [5.41, 5.74) is 2.94. The molecule has 0 spiro atoms. The number of hydrogen-bond donors (Lipinski definition) is 1. The fourth-order valence-electron chi connectivity index (χ4n) is 4.46. The predicted octanol–water partition coefficient (Wildman–Crippen LogP) is 2.21. The highest BCUT2D eigenvalue weighted by molar-refractivity contribution is 5.99. The molecule has 0 aliphatic carbocycles. The molecule has 5 rings (SSSR count). The van der Waals surface area contributed by atoms with E-state index in [-0.39, 0.29) is 5.78 Å². The maximum absolute atomic E-state index is 12.6. The first-order valence-electron chi connectivity index (χ1n) is 7.71. The van der Waals surface area contributed by atoms with Crippen LogP contribution in [0.2, 0.25) is 0 Å². The molecule has 0 atom stereocenters. The van der Waals surface area contributed by atoms with Gasteiger partial charge in [0.1, 0.15) is 0 Å². The number of H-pyrrole nitrogens is 1. The molecule has 0 radical (unpaired) electrons. The lowest BCUT2D eigenvalue weighted by atomic mass is 9.78. The second-order valence-corrected chi connectivity index (χ2v) is 6.72. The molecule has 1 aromatic rings. The van der Waals surface area contributed by atoms with Crippen LogP contribution in [-0.2, 0) is 4.74 Å². The number of carbonyl (C=O) groups excluding carboxylic acids is 1. The first-order chi connectivity index (χ1) is 9.60. The molecule has 4 bridgehead atoms. The highest BCUT2D eigenvalue weighted by Gasteiger charge is 2.48. The van der Waals surface area contributed by atoms with E-state index >= 15 is 0 Å². The number of ether oxygens (including phenoxy) is 1. The highest BCUT2D eigenvalue weighted by atomic mass is 16.5. The summed E-state index contributed by atoms with van der Waals surface area (Å²) in [5.74, 6) is 0.264. The number of nitrogens with one attached hydrogen (secondary N) is 1. The van der Waals surface area contributed by atoms with Gasteiger partial charge in [-0.1, -0.05) is 0 Å². The molecule has 1 N–H and O–H groups in total. The summed E-state index contributed by atoms with van der Waals surface area (Å²) in [6.45, 7) is 4.57. The van der Waals surface area contributed by atoms with Crippen molar-refractivity contribution in [3.63, 3.8) is 0 Å². The van der Waals surface area contributed by atoms with Gasteiger partial charge in [-0.3, -0.25) is 9.69 Å². The van der Waals surface area contributed by atoms with E-state index in [9.17, 15) is 4.79 Å². The second-order valence-electron chi connectivity index (χ2n) is 6.72. The van der Waals surface area contributed by atoms with Crippen molar-refractivity contribution in [2.24, 2.45) is 0 Å². The number of Topliss-reactive ketones (excluding diaryl/α,β-unsaturated/α-hetero) is 1. The predicted molar refractivity (Wildman–Crippen MR) is 76.0 cm³/mol. The number of aryl methyl sites for hydroxylation is 2. The molecule has 108 valence electrons. The van der Waals surface area contributed by atoms with Crippen LogP contribution >= 0.6 is 0 Å². The lowest BCUT2D eigenvalue weighted by Gasteiger charge is -2.56. The molecule has 4 aliphatic heterocycles. The van der Waals surface area contributed by atoms with Crippen LogP contribution < -0.4 is 0 Å². The number of aromatic nitrogens is 1. The van der Waals surface area contributed by atoms with Crippen molar-refractivity contribution in [2.45, 2.75) is 63.8 Å². The Morgan fingerprint density at radius 1 is 1.25 bits per heavy atom. The maximum atomic E-state index is 12.6. The Bertz CT molecular complexity index is 521. The van der Waals surface area contributed by atoms with E-state index in [1.807, 2.05) is 19.9 Å². The SMILES string of the molecule is Cc1cc(C(=O)CN2C3CC4CC2CC(C3)O4)c(C)[nH]1. The summed E-state index contributed by atoms with van der Waals surface area (Å²) in [6, 6.07) is 3.11. The minimum atomic E-state index is 0.264. The lowest BCUT2D eigenvalue weighted by Crippen LogP contribution is -2.63. The molecule has 4 saturated heterocycles. The van der Waals surface area contributed by atoms with Gasteiger partial charge in [-0.15, -0.1) is 0 Å². The molecule has 4 nitrogen and oxygen atoms in total. The molecule has 0 amide bonds. The van der Waals surface area contributed by atoms with Crippen LogP contribution in [0.5, 0.6) is 0 Å². The molecule has 5 heterocycles. The zero-order valence-corrected chi connectivity index (χ0v) is 12.2. The van der Waals surface area contributed by atoms with Crippen molar-refractivity contribution < 1.29 is 9.53 Å². The van der Waals surface area contributed by atoms with Crippen LogP contribution in [0.3, 0.4) is 0 Å². The Morgan fingerprint density at radius 3 is 2.35 bits per heavy atom. The smallest absolute Gasteiger partial charge is 0.178 e. The number of ketones is 1. The van der Waals surface area contributed by atoms with Crippen LogP contribution in [0, 0.1) is 13.8 Å². The molecule has 4 aliphatic rings. The van der Waals surface area contributed by atoms with Gasteiger partial charge in [0.15, 0.2) is 5.78 Å². The summed E-state index contributed by atoms with van der Waals surface area (Å²) in [6.07, 6.45) is 5.38. The van der Waals surface area contributed by atoms with E-state index in [4.69, 9.17) is 4.74 Å². The van der Waals surface area contributed by atoms with Gasteiger partial charge in [-0.2, -0.15) is 0 Å². The summed E-state index contributed by atoms with van der Waals surface area (Å²) in [7, 11) is 0. The topological polar surface area (TPSA) is 45.3 Å². The van der Waals surface area contributed by atoms with E-state index in [1.165, 1.54) is 0 Å². The van der Waals surface area contributed by atoms with E-state index in [0.29, 0.717) is 30.8 Å². The molecule has 20 heavy (non-hydrogen) atoms. The first-order valence-corrected chi connectivity index (χ1v) is 7.71. The quantitative estimate of drug-likeness (QED) is 0.860. The van der Waals surface area contributed by atoms with Crippen LogP contribution in [-0.4, -0.2) is 46.5 Å². The zero-order chi connectivity index (χ0) is 13.9. The normalized spacial score (nSPS) is 35.7. The Morgan fingerprint density at radius 2 is 1.85 bits per heavy atom. The Balaban J connectivity index is 1.52. The summed E-state index contributed by atoms with van der Waals surface area (Å²) < 4.78 is 5.97. The fraction of sp³-hybridized carbons (Fsp3) is 0.688. The van der Waals surface area contributed by atoms with Gasteiger partial charge in [0, 0.05) is 29.0 Å². The number of nitrogens with zero attached hydrogens (tertiary/aromatic N) is 1. The number of carbonyl (C=O) groups is 1. The van der Waals surface area contributed by atoms with Crippen molar-refractivity contribution in [3.8, 4) is 0 Å². The Labute approximate surface area is 119 Å². The monoisotopic (exact) mass is 274 g/mol. The minimum absolute atomic E-state index is 0.264. The molecule has 0 saturated carbocycles. The standard InChI is InChI=1S/C16H22N2O2/c1-9-3-15(10(2)17-9)16(19)8-18-11-4-13-6-12(18)7-14(5-11)20-13/h3,11-14,17H,4-8H2,1-2H3. The van der Waals surface area contributed by atoms with Crippen molar-refractivity contribution >= 4 is 5.78 Å². The Kier molecular flexibility index (Phi) is 2.79. The van der Waals surface area contributed by atoms with Crippen LogP contribution in [0.25, 0.3) is 0 Å². The van der Waals surface area contributed by atoms with Gasteiger partial charge in [-0.05, 0) is 45.6 Å². The zero-order valence-electron chi connectivity index (χ0n) is 12.2.